The van der Waals surface area contributed by atoms with Gasteiger partial charge in [0.15, 0.2) is 5.16 Å². The number of aryl methyl sites for hydroxylation is 2. The van der Waals surface area contributed by atoms with Crippen LogP contribution in [0, 0.1) is 13.8 Å². The summed E-state index contributed by atoms with van der Waals surface area (Å²) in [5.41, 5.74) is 4.58. The van der Waals surface area contributed by atoms with Crippen LogP contribution in [0.2, 0.25) is 0 Å². The predicted octanol–water partition coefficient (Wildman–Crippen LogP) is 3.90. The summed E-state index contributed by atoms with van der Waals surface area (Å²) in [6.07, 6.45) is 3.69. The van der Waals surface area contributed by atoms with Gasteiger partial charge in [0, 0.05) is 18.9 Å². The minimum atomic E-state index is 0.00455. The number of carbonyl (C=O) groups is 1. The first kappa shape index (κ1) is 17.3. The van der Waals surface area contributed by atoms with Gasteiger partial charge in [-0.25, -0.2) is 4.98 Å². The third-order valence-corrected chi connectivity index (χ3v) is 4.89. The summed E-state index contributed by atoms with van der Waals surface area (Å²) in [6.45, 7) is 4.67. The smallest absolute Gasteiger partial charge is 0.230 e. The van der Waals surface area contributed by atoms with Crippen LogP contribution in [0.5, 0.6) is 0 Å². The Bertz CT molecular complexity index is 855. The van der Waals surface area contributed by atoms with E-state index in [4.69, 9.17) is 0 Å². The average molecular weight is 351 g/mol. The van der Waals surface area contributed by atoms with E-state index < -0.39 is 0 Å². The molecule has 0 bridgehead atoms. The summed E-state index contributed by atoms with van der Waals surface area (Å²) in [5, 5.41) is 3.77. The van der Waals surface area contributed by atoms with Gasteiger partial charge >= 0.3 is 0 Å². The predicted molar refractivity (Wildman–Crippen MR) is 102 cm³/mol. The molecule has 1 aromatic heterocycles. The van der Waals surface area contributed by atoms with Crippen molar-refractivity contribution in [2.24, 2.45) is 0 Å². The van der Waals surface area contributed by atoms with Crippen molar-refractivity contribution in [3.63, 3.8) is 0 Å². The highest BCUT2D eigenvalue weighted by Gasteiger charge is 2.10. The largest absolute Gasteiger partial charge is 0.351 e. The molecule has 0 spiro atoms. The van der Waals surface area contributed by atoms with Gasteiger partial charge in [0.1, 0.15) is 0 Å². The van der Waals surface area contributed by atoms with E-state index in [1.54, 1.807) is 6.20 Å². The second kappa shape index (κ2) is 8.03. The molecule has 1 N–H and O–H groups in total. The number of amides is 1. The molecule has 5 heteroatoms. The zero-order chi connectivity index (χ0) is 17.6. The molecule has 2 aromatic carbocycles. The van der Waals surface area contributed by atoms with Crippen LogP contribution in [-0.2, 0) is 11.3 Å². The van der Waals surface area contributed by atoms with Gasteiger partial charge in [-0.1, -0.05) is 59.8 Å². The van der Waals surface area contributed by atoms with Crippen molar-refractivity contribution in [1.82, 2.24) is 14.9 Å². The van der Waals surface area contributed by atoms with Crippen molar-refractivity contribution in [3.05, 3.63) is 77.6 Å². The molecular formula is C20H21N3OS. The highest BCUT2D eigenvalue weighted by molar-refractivity contribution is 7.99. The molecule has 3 rings (SSSR count). The van der Waals surface area contributed by atoms with E-state index in [2.05, 4.69) is 48.4 Å². The highest BCUT2D eigenvalue weighted by atomic mass is 32.2. The summed E-state index contributed by atoms with van der Waals surface area (Å²) in [7, 11) is 0. The van der Waals surface area contributed by atoms with Crippen molar-refractivity contribution in [2.75, 3.05) is 5.75 Å². The van der Waals surface area contributed by atoms with Crippen molar-refractivity contribution in [3.8, 4) is 5.69 Å². The molecule has 128 valence electrons. The Morgan fingerprint density at radius 3 is 2.64 bits per heavy atom. The van der Waals surface area contributed by atoms with Crippen LogP contribution in [0.4, 0.5) is 0 Å². The lowest BCUT2D eigenvalue weighted by Gasteiger charge is -2.10. The molecule has 0 aliphatic carbocycles. The van der Waals surface area contributed by atoms with Gasteiger partial charge in [-0.05, 0) is 31.0 Å². The first-order chi connectivity index (χ1) is 12.1. The molecule has 25 heavy (non-hydrogen) atoms. The van der Waals surface area contributed by atoms with Gasteiger partial charge in [0.25, 0.3) is 0 Å². The van der Waals surface area contributed by atoms with Crippen molar-refractivity contribution < 1.29 is 4.79 Å². The number of nitrogens with zero attached hydrogens (tertiary/aromatic N) is 2. The van der Waals surface area contributed by atoms with Gasteiger partial charge < -0.3 is 5.32 Å². The Kier molecular flexibility index (Phi) is 5.56. The van der Waals surface area contributed by atoms with E-state index in [1.165, 1.54) is 22.9 Å². The fourth-order valence-corrected chi connectivity index (χ4v) is 3.30. The molecule has 0 unspecified atom stereocenters. The molecule has 0 radical (unpaired) electrons. The molecule has 0 saturated carbocycles. The first-order valence-corrected chi connectivity index (χ1v) is 9.16. The second-order valence-corrected chi connectivity index (χ2v) is 6.86. The van der Waals surface area contributed by atoms with Crippen LogP contribution in [-0.4, -0.2) is 21.2 Å². The number of hydrogen-bond donors (Lipinski definition) is 1. The SMILES string of the molecule is Cc1ccc(CNC(=O)CSc2nccn2-c2ccccc2C)cc1. The zero-order valence-corrected chi connectivity index (χ0v) is 15.2. The lowest BCUT2D eigenvalue weighted by Crippen LogP contribution is -2.24. The van der Waals surface area contributed by atoms with E-state index in [0.717, 1.165) is 16.4 Å². The van der Waals surface area contributed by atoms with Crippen LogP contribution in [0.1, 0.15) is 16.7 Å². The first-order valence-electron chi connectivity index (χ1n) is 8.18. The monoisotopic (exact) mass is 351 g/mol. The zero-order valence-electron chi connectivity index (χ0n) is 14.4. The molecule has 3 aromatic rings. The summed E-state index contributed by atoms with van der Waals surface area (Å²) >= 11 is 1.44. The Hall–Kier alpha value is -2.53. The maximum absolute atomic E-state index is 12.1. The summed E-state index contributed by atoms with van der Waals surface area (Å²) in [5.74, 6) is 0.347. The Morgan fingerprint density at radius 1 is 1.12 bits per heavy atom. The molecule has 0 saturated heterocycles. The molecule has 1 heterocycles. The summed E-state index contributed by atoms with van der Waals surface area (Å²) < 4.78 is 2.02. The van der Waals surface area contributed by atoms with E-state index in [1.807, 2.05) is 35.0 Å². The number of para-hydroxylation sites is 1. The normalized spacial score (nSPS) is 10.6. The number of benzene rings is 2. The van der Waals surface area contributed by atoms with Crippen LogP contribution in [0.3, 0.4) is 0 Å². The van der Waals surface area contributed by atoms with E-state index in [-0.39, 0.29) is 5.91 Å². The molecule has 0 atom stereocenters. The number of carbonyl (C=O) groups excluding carboxylic acids is 1. The quantitative estimate of drug-likeness (QED) is 0.685. The Morgan fingerprint density at radius 2 is 1.88 bits per heavy atom. The average Bonchev–Trinajstić information content (AvgIpc) is 3.08. The van der Waals surface area contributed by atoms with Crippen LogP contribution >= 0.6 is 11.8 Å². The van der Waals surface area contributed by atoms with Crippen LogP contribution in [0.25, 0.3) is 5.69 Å². The third-order valence-electron chi connectivity index (χ3n) is 3.92. The summed E-state index contributed by atoms with van der Waals surface area (Å²) in [6, 6.07) is 16.3. The third kappa shape index (κ3) is 4.51. The van der Waals surface area contributed by atoms with Crippen molar-refractivity contribution in [1.29, 1.82) is 0 Å². The van der Waals surface area contributed by atoms with Crippen molar-refractivity contribution in [2.45, 2.75) is 25.5 Å². The minimum absolute atomic E-state index is 0.00455. The van der Waals surface area contributed by atoms with E-state index >= 15 is 0 Å². The molecule has 0 fully saturated rings. The topological polar surface area (TPSA) is 46.9 Å². The van der Waals surface area contributed by atoms with E-state index in [0.29, 0.717) is 12.3 Å². The number of nitrogens with one attached hydrogen (secondary N) is 1. The highest BCUT2D eigenvalue weighted by Crippen LogP contribution is 2.22. The fourth-order valence-electron chi connectivity index (χ4n) is 2.50. The number of rotatable bonds is 6. The molecule has 0 aliphatic heterocycles. The lowest BCUT2D eigenvalue weighted by molar-refractivity contribution is -0.118. The van der Waals surface area contributed by atoms with Gasteiger partial charge in [-0.3, -0.25) is 9.36 Å². The number of aromatic nitrogens is 2. The molecule has 0 aliphatic rings. The fraction of sp³-hybridized carbons (Fsp3) is 0.200. The summed E-state index contributed by atoms with van der Waals surface area (Å²) in [4.78, 5) is 16.5. The van der Waals surface area contributed by atoms with Gasteiger partial charge in [0.2, 0.25) is 5.91 Å². The maximum atomic E-state index is 12.1. The van der Waals surface area contributed by atoms with Crippen molar-refractivity contribution >= 4 is 17.7 Å². The lowest BCUT2D eigenvalue weighted by atomic mass is 10.1. The van der Waals surface area contributed by atoms with Gasteiger partial charge in [-0.2, -0.15) is 0 Å². The van der Waals surface area contributed by atoms with Gasteiger partial charge in [-0.15, -0.1) is 0 Å². The molecule has 4 nitrogen and oxygen atoms in total. The number of imidazole rings is 1. The Balaban J connectivity index is 1.57. The van der Waals surface area contributed by atoms with Gasteiger partial charge in [0.05, 0.1) is 11.4 Å². The molecule has 1 amide bonds. The second-order valence-electron chi connectivity index (χ2n) is 5.92. The minimum Gasteiger partial charge on any atom is -0.351 e. The maximum Gasteiger partial charge on any atom is 0.230 e. The van der Waals surface area contributed by atoms with Crippen LogP contribution < -0.4 is 5.32 Å². The van der Waals surface area contributed by atoms with Crippen LogP contribution in [0.15, 0.2) is 66.1 Å². The molecular weight excluding hydrogens is 330 g/mol. The standard InChI is InChI=1S/C20H21N3OS/c1-15-7-9-17(10-8-15)13-22-19(24)14-25-20-21-11-12-23(20)18-6-4-3-5-16(18)2/h3-12H,13-14H2,1-2H3,(H,22,24). The Labute approximate surface area is 152 Å². The number of thioether (sulfide) groups is 1. The number of hydrogen-bond acceptors (Lipinski definition) is 3. The van der Waals surface area contributed by atoms with E-state index in [9.17, 15) is 4.79 Å².